The molecule has 74 valence electrons. The normalized spacial score (nSPS) is 9.67. The molecule has 1 nitrogen and oxygen atoms in total. The van der Waals surface area contributed by atoms with Crippen LogP contribution < -0.4 is 17.3 Å². The molecule has 0 saturated heterocycles. The van der Waals surface area contributed by atoms with Gasteiger partial charge in [-0.3, -0.25) is 0 Å². The van der Waals surface area contributed by atoms with Crippen LogP contribution in [0.3, 0.4) is 0 Å². The van der Waals surface area contributed by atoms with E-state index in [2.05, 4.69) is 6.58 Å². The maximum atomic E-state index is 5.64. The zero-order chi connectivity index (χ0) is 8.69. The highest BCUT2D eigenvalue weighted by Crippen LogP contribution is 1.89. The number of rotatable bonds is 6. The zero-order valence-corrected chi connectivity index (χ0v) is 9.78. The fourth-order valence-corrected chi connectivity index (χ4v) is 1.56. The molecule has 0 spiro atoms. The molecule has 0 aliphatic carbocycles. The Morgan fingerprint density at radius 1 is 1.17 bits per heavy atom. The maximum Gasteiger partial charge on any atom is 0.113 e. The van der Waals surface area contributed by atoms with Gasteiger partial charge in [0.1, 0.15) is 6.54 Å². The monoisotopic (exact) mass is 251 g/mol. The van der Waals surface area contributed by atoms with Gasteiger partial charge in [-0.2, -0.15) is 0 Å². The number of hydrogen-bond donors (Lipinski definition) is 1. The Kier molecular flexibility index (Phi) is 12.7. The standard InChI is InChI=1S/C7H12Cl3N.ClH/c1-7(10)6-11(4-2-8)5-3-9;/h1-6H2;1H. The Hall–Kier alpha value is 0.860. The quantitative estimate of drug-likeness (QED) is 0.528. The summed E-state index contributed by atoms with van der Waals surface area (Å²) >= 11 is 16.8. The highest BCUT2D eigenvalue weighted by Gasteiger charge is 2.06. The average molecular weight is 253 g/mol. The minimum absolute atomic E-state index is 0. The molecule has 0 fully saturated rings. The second-order valence-electron chi connectivity index (χ2n) is 2.32. The first kappa shape index (κ1) is 15.3. The second-order valence-corrected chi connectivity index (χ2v) is 3.61. The van der Waals surface area contributed by atoms with Crippen LogP contribution in [-0.4, -0.2) is 31.4 Å². The summed E-state index contributed by atoms with van der Waals surface area (Å²) in [6.07, 6.45) is 0. The molecule has 0 unspecified atom stereocenters. The van der Waals surface area contributed by atoms with Gasteiger partial charge in [-0.25, -0.2) is 0 Å². The van der Waals surface area contributed by atoms with Crippen LogP contribution >= 0.6 is 34.8 Å². The molecule has 0 aromatic rings. The first-order valence-electron chi connectivity index (χ1n) is 3.49. The Labute approximate surface area is 95.1 Å². The van der Waals surface area contributed by atoms with Gasteiger partial charge in [0.2, 0.25) is 0 Å². The summed E-state index contributed by atoms with van der Waals surface area (Å²) in [4.78, 5) is 1.29. The third kappa shape index (κ3) is 8.95. The molecule has 0 rings (SSSR count). The van der Waals surface area contributed by atoms with Crippen LogP contribution in [0.4, 0.5) is 0 Å². The molecule has 1 N–H and O–H groups in total. The van der Waals surface area contributed by atoms with Crippen LogP contribution in [0.1, 0.15) is 0 Å². The lowest BCUT2D eigenvalue weighted by Gasteiger charge is -2.15. The van der Waals surface area contributed by atoms with E-state index in [1.54, 1.807) is 0 Å². The van der Waals surface area contributed by atoms with Gasteiger partial charge in [0.05, 0.1) is 29.9 Å². The summed E-state index contributed by atoms with van der Waals surface area (Å²) in [6, 6.07) is 0. The van der Waals surface area contributed by atoms with Crippen LogP contribution in [0.15, 0.2) is 11.6 Å². The smallest absolute Gasteiger partial charge is 0.113 e. The van der Waals surface area contributed by atoms with Crippen molar-refractivity contribution in [1.82, 2.24) is 0 Å². The zero-order valence-electron chi connectivity index (χ0n) is 6.75. The average Bonchev–Trinajstić information content (AvgIpc) is 1.87. The van der Waals surface area contributed by atoms with Crippen molar-refractivity contribution >= 4 is 34.8 Å². The molecule has 0 atom stereocenters. The first-order valence-corrected chi connectivity index (χ1v) is 4.94. The Balaban J connectivity index is 0. The van der Waals surface area contributed by atoms with Gasteiger partial charge < -0.3 is 17.3 Å². The molecule has 0 aromatic carbocycles. The molecular weight excluding hydrogens is 240 g/mol. The molecule has 0 aliphatic rings. The number of hydrogen-bond acceptors (Lipinski definition) is 0. The van der Waals surface area contributed by atoms with Gasteiger partial charge in [-0.05, 0) is 0 Å². The highest BCUT2D eigenvalue weighted by molar-refractivity contribution is 6.29. The number of quaternary nitrogens is 1. The highest BCUT2D eigenvalue weighted by atomic mass is 35.5. The SMILES string of the molecule is C=C(Cl)C[NH+](CCCl)CCCl.[Cl-]. The van der Waals surface area contributed by atoms with Crippen molar-refractivity contribution in [1.29, 1.82) is 0 Å². The van der Waals surface area contributed by atoms with E-state index in [1.807, 2.05) is 0 Å². The van der Waals surface area contributed by atoms with Crippen molar-refractivity contribution in [3.8, 4) is 0 Å². The number of halogens is 4. The third-order valence-electron chi connectivity index (χ3n) is 1.34. The van der Waals surface area contributed by atoms with Gasteiger partial charge in [-0.15, -0.1) is 23.2 Å². The summed E-state index contributed by atoms with van der Waals surface area (Å²) in [5.41, 5.74) is 0. The molecule has 0 aromatic heterocycles. The molecule has 0 saturated carbocycles. The second kappa shape index (κ2) is 9.94. The molecular formula is C7H13Cl4N. The van der Waals surface area contributed by atoms with E-state index < -0.39 is 0 Å². The van der Waals surface area contributed by atoms with Crippen molar-refractivity contribution < 1.29 is 17.3 Å². The van der Waals surface area contributed by atoms with E-state index in [0.717, 1.165) is 19.6 Å². The molecule has 0 bridgehead atoms. The lowest BCUT2D eigenvalue weighted by atomic mass is 10.4. The molecule has 0 radical (unpaired) electrons. The van der Waals surface area contributed by atoms with Crippen molar-refractivity contribution in [3.63, 3.8) is 0 Å². The van der Waals surface area contributed by atoms with Gasteiger partial charge >= 0.3 is 0 Å². The topological polar surface area (TPSA) is 4.44 Å². The largest absolute Gasteiger partial charge is 1.00 e. The Bertz CT molecular complexity index is 112. The Morgan fingerprint density at radius 3 is 1.83 bits per heavy atom. The predicted molar refractivity (Wildman–Crippen MR) is 52.0 cm³/mol. The molecule has 0 heterocycles. The van der Waals surface area contributed by atoms with Crippen LogP contribution in [0.5, 0.6) is 0 Å². The number of nitrogens with one attached hydrogen (secondary N) is 1. The summed E-state index contributed by atoms with van der Waals surface area (Å²) in [5, 5.41) is 0.662. The molecule has 12 heavy (non-hydrogen) atoms. The van der Waals surface area contributed by atoms with Crippen LogP contribution in [0.25, 0.3) is 0 Å². The van der Waals surface area contributed by atoms with E-state index in [4.69, 9.17) is 34.8 Å². The molecule has 5 heteroatoms. The fourth-order valence-electron chi connectivity index (χ4n) is 0.840. The van der Waals surface area contributed by atoms with E-state index in [1.165, 1.54) is 4.90 Å². The first-order chi connectivity index (χ1) is 5.20. The summed E-state index contributed by atoms with van der Waals surface area (Å²) < 4.78 is 0. The van der Waals surface area contributed by atoms with Crippen molar-refractivity contribution in [2.24, 2.45) is 0 Å². The van der Waals surface area contributed by atoms with E-state index >= 15 is 0 Å². The molecule has 0 aliphatic heterocycles. The van der Waals surface area contributed by atoms with Crippen LogP contribution in [0, 0.1) is 0 Å². The van der Waals surface area contributed by atoms with Gasteiger partial charge in [0.25, 0.3) is 0 Å². The van der Waals surface area contributed by atoms with E-state index in [-0.39, 0.29) is 12.4 Å². The lowest BCUT2D eigenvalue weighted by Crippen LogP contribution is -3.12. The summed E-state index contributed by atoms with van der Waals surface area (Å²) in [6.45, 7) is 6.15. The Morgan fingerprint density at radius 2 is 1.58 bits per heavy atom. The maximum absolute atomic E-state index is 5.64. The van der Waals surface area contributed by atoms with Crippen molar-refractivity contribution in [2.45, 2.75) is 0 Å². The van der Waals surface area contributed by atoms with Crippen LogP contribution in [0.2, 0.25) is 0 Å². The summed E-state index contributed by atoms with van der Waals surface area (Å²) in [7, 11) is 0. The lowest BCUT2D eigenvalue weighted by molar-refractivity contribution is -0.889. The van der Waals surface area contributed by atoms with Gasteiger partial charge in [0, 0.05) is 0 Å². The van der Waals surface area contributed by atoms with Crippen molar-refractivity contribution in [3.05, 3.63) is 11.6 Å². The van der Waals surface area contributed by atoms with Crippen molar-refractivity contribution in [2.75, 3.05) is 31.4 Å². The third-order valence-corrected chi connectivity index (χ3v) is 1.85. The predicted octanol–water partition coefficient (Wildman–Crippen LogP) is -1.89. The number of alkyl halides is 2. The minimum atomic E-state index is 0. The molecule has 0 amide bonds. The van der Waals surface area contributed by atoms with E-state index in [9.17, 15) is 0 Å². The van der Waals surface area contributed by atoms with Crippen LogP contribution in [-0.2, 0) is 0 Å². The fraction of sp³-hybridized carbons (Fsp3) is 0.714. The van der Waals surface area contributed by atoms with E-state index in [0.29, 0.717) is 16.8 Å². The van der Waals surface area contributed by atoms with Gasteiger partial charge in [-0.1, -0.05) is 18.2 Å². The summed E-state index contributed by atoms with van der Waals surface area (Å²) in [5.74, 6) is 1.27. The van der Waals surface area contributed by atoms with Gasteiger partial charge in [0.15, 0.2) is 0 Å². The minimum Gasteiger partial charge on any atom is -1.00 e.